The lowest BCUT2D eigenvalue weighted by Gasteiger charge is -1.92. The summed E-state index contributed by atoms with van der Waals surface area (Å²) in [6.45, 7) is 3.34. The van der Waals surface area contributed by atoms with Gasteiger partial charge in [0.1, 0.15) is 0 Å². The minimum atomic E-state index is 1.38. The van der Waals surface area contributed by atoms with Crippen molar-refractivity contribution in [3.8, 4) is 0 Å². The van der Waals surface area contributed by atoms with Crippen LogP contribution in [0, 0.1) is 0 Å². The van der Waals surface area contributed by atoms with Gasteiger partial charge in [0.25, 0.3) is 0 Å². The molecule has 0 rings (SSSR count). The highest BCUT2D eigenvalue weighted by Crippen LogP contribution is 1.92. The van der Waals surface area contributed by atoms with Gasteiger partial charge in [0, 0.05) is 13.2 Å². The molecule has 0 aromatic heterocycles. The second kappa shape index (κ2) is 4.04. The third kappa shape index (κ3) is 5.87. The highest BCUT2D eigenvalue weighted by atomic mass is 127. The molecule has 40 valence electrons. The Bertz CT molecular complexity index is 78.2. The molecule has 7 heavy (non-hydrogen) atoms. The van der Waals surface area contributed by atoms with E-state index < -0.39 is 0 Å². The first-order valence-corrected chi connectivity index (χ1v) is 2.65. The topological polar surface area (TPSA) is 28.0 Å². The van der Waals surface area contributed by atoms with Crippen molar-refractivity contribution < 1.29 is 0 Å². The molecule has 0 spiro atoms. The zero-order valence-corrected chi connectivity index (χ0v) is 6.16. The van der Waals surface area contributed by atoms with Crippen molar-refractivity contribution >= 4 is 22.9 Å². The highest BCUT2D eigenvalue weighted by molar-refractivity contribution is 14.1. The summed E-state index contributed by atoms with van der Waals surface area (Å²) in [4.78, 5) is 0. The van der Waals surface area contributed by atoms with Crippen LogP contribution < -0.4 is 0 Å². The molecule has 0 aromatic rings. The maximum atomic E-state index is 3.57. The summed E-state index contributed by atoms with van der Waals surface area (Å²) in [7, 11) is 1.79. The van der Waals surface area contributed by atoms with E-state index in [2.05, 4.69) is 16.9 Å². The molecule has 0 aliphatic carbocycles. The van der Waals surface area contributed by atoms with Crippen LogP contribution >= 0.6 is 22.9 Å². The van der Waals surface area contributed by atoms with Gasteiger partial charge < -0.3 is 0 Å². The normalized spacial score (nSPS) is 9.43. The van der Waals surface area contributed by atoms with Gasteiger partial charge in [0.2, 0.25) is 0 Å². The Labute approximate surface area is 56.6 Å². The van der Waals surface area contributed by atoms with E-state index in [1.165, 1.54) is 6.20 Å². The van der Waals surface area contributed by atoms with E-state index in [1.54, 1.807) is 10.3 Å². The van der Waals surface area contributed by atoms with E-state index in [1.807, 2.05) is 22.9 Å². The molecule has 4 heteroatoms. The summed E-state index contributed by atoms with van der Waals surface area (Å²) in [5.41, 5.74) is 0. The SMILES string of the molecule is C=CN=NN(C)I. The molecular formula is C3H6IN3. The fourth-order valence-electron chi connectivity index (χ4n) is 0.108. The van der Waals surface area contributed by atoms with Gasteiger partial charge in [-0.2, -0.15) is 0 Å². The van der Waals surface area contributed by atoms with Crippen LogP contribution in [0.3, 0.4) is 0 Å². The lowest BCUT2D eigenvalue weighted by atomic mass is 11.1. The smallest absolute Gasteiger partial charge is 0.0795 e. The van der Waals surface area contributed by atoms with Crippen LogP contribution in [0.4, 0.5) is 0 Å². The lowest BCUT2D eigenvalue weighted by molar-refractivity contribution is 0.616. The summed E-state index contributed by atoms with van der Waals surface area (Å²) < 4.78 is 1.57. The summed E-state index contributed by atoms with van der Waals surface area (Å²) in [6.07, 6.45) is 1.38. The average molecular weight is 211 g/mol. The van der Waals surface area contributed by atoms with Crippen molar-refractivity contribution in [1.82, 2.24) is 3.22 Å². The Balaban J connectivity index is 3.25. The average Bonchev–Trinajstić information content (AvgIpc) is 1.61. The van der Waals surface area contributed by atoms with Crippen LogP contribution in [-0.2, 0) is 0 Å². The van der Waals surface area contributed by atoms with Crippen LogP contribution in [0.5, 0.6) is 0 Å². The van der Waals surface area contributed by atoms with Crippen LogP contribution in [0.2, 0.25) is 0 Å². The molecule has 0 heterocycles. The molecule has 0 aromatic carbocycles. The Morgan fingerprint density at radius 2 is 2.43 bits per heavy atom. The quantitative estimate of drug-likeness (QED) is 0.296. The van der Waals surface area contributed by atoms with Crippen molar-refractivity contribution in [1.29, 1.82) is 0 Å². The number of nitrogens with zero attached hydrogens (tertiary/aromatic N) is 3. The Hall–Kier alpha value is -0.130. The van der Waals surface area contributed by atoms with Crippen LogP contribution in [-0.4, -0.2) is 10.3 Å². The number of rotatable bonds is 2. The molecule has 0 N–H and O–H groups in total. The predicted octanol–water partition coefficient (Wildman–Crippen LogP) is 1.78. The van der Waals surface area contributed by atoms with Gasteiger partial charge in [0.15, 0.2) is 0 Å². The van der Waals surface area contributed by atoms with Crippen LogP contribution in [0.1, 0.15) is 0 Å². The van der Waals surface area contributed by atoms with Crippen molar-refractivity contribution in [3.63, 3.8) is 0 Å². The third-order valence-electron chi connectivity index (χ3n) is 0.257. The molecule has 0 radical (unpaired) electrons. The fraction of sp³-hybridized carbons (Fsp3) is 0.333. The molecule has 0 aliphatic heterocycles. The van der Waals surface area contributed by atoms with Crippen molar-refractivity contribution in [2.24, 2.45) is 10.3 Å². The van der Waals surface area contributed by atoms with Gasteiger partial charge in [-0.15, -0.1) is 5.11 Å². The molecular weight excluding hydrogens is 205 g/mol. The lowest BCUT2D eigenvalue weighted by Crippen LogP contribution is -1.87. The third-order valence-corrected chi connectivity index (χ3v) is 0.450. The maximum absolute atomic E-state index is 3.57. The standard InChI is InChI=1S/C3H6IN3/c1-3-5-6-7(2)4/h3H,1H2,2H3. The minimum Gasteiger partial charge on any atom is -0.221 e. The van der Waals surface area contributed by atoms with E-state index in [0.717, 1.165) is 0 Å². The van der Waals surface area contributed by atoms with Gasteiger partial charge in [0.05, 0.1) is 22.9 Å². The fourth-order valence-corrected chi connectivity index (χ4v) is 0.219. The molecule has 0 unspecified atom stereocenters. The largest absolute Gasteiger partial charge is 0.221 e. The van der Waals surface area contributed by atoms with Crippen molar-refractivity contribution in [2.45, 2.75) is 0 Å². The van der Waals surface area contributed by atoms with E-state index in [0.29, 0.717) is 0 Å². The molecule has 0 fully saturated rings. The van der Waals surface area contributed by atoms with Gasteiger partial charge in [-0.1, -0.05) is 11.8 Å². The molecule has 0 amide bonds. The molecule has 3 nitrogen and oxygen atoms in total. The van der Waals surface area contributed by atoms with Crippen molar-refractivity contribution in [3.05, 3.63) is 12.8 Å². The van der Waals surface area contributed by atoms with E-state index in [9.17, 15) is 0 Å². The van der Waals surface area contributed by atoms with Gasteiger partial charge >= 0.3 is 0 Å². The zero-order valence-electron chi connectivity index (χ0n) is 4.00. The first-order valence-electron chi connectivity index (χ1n) is 1.68. The Morgan fingerprint density at radius 1 is 1.86 bits per heavy atom. The monoisotopic (exact) mass is 211 g/mol. The Morgan fingerprint density at radius 3 is 2.57 bits per heavy atom. The number of hydrogen-bond donors (Lipinski definition) is 0. The molecule has 0 aliphatic rings. The van der Waals surface area contributed by atoms with E-state index in [-0.39, 0.29) is 0 Å². The predicted molar refractivity (Wildman–Crippen MR) is 36.8 cm³/mol. The zero-order chi connectivity index (χ0) is 5.70. The summed E-state index contributed by atoms with van der Waals surface area (Å²) in [5.74, 6) is 0. The van der Waals surface area contributed by atoms with E-state index in [4.69, 9.17) is 0 Å². The second-order valence-electron chi connectivity index (χ2n) is 0.832. The molecule has 0 atom stereocenters. The first-order chi connectivity index (χ1) is 3.27. The van der Waals surface area contributed by atoms with Crippen LogP contribution in [0.25, 0.3) is 0 Å². The highest BCUT2D eigenvalue weighted by Gasteiger charge is 1.73. The Kier molecular flexibility index (Phi) is 3.97. The second-order valence-corrected chi connectivity index (χ2v) is 2.23. The summed E-state index contributed by atoms with van der Waals surface area (Å²) >= 11 is 1.99. The van der Waals surface area contributed by atoms with E-state index >= 15 is 0 Å². The minimum absolute atomic E-state index is 1.38. The van der Waals surface area contributed by atoms with Gasteiger partial charge in [-0.05, 0) is 0 Å². The molecule has 0 bridgehead atoms. The van der Waals surface area contributed by atoms with Crippen LogP contribution in [0.15, 0.2) is 23.1 Å². The van der Waals surface area contributed by atoms with Gasteiger partial charge in [-0.3, -0.25) is 0 Å². The van der Waals surface area contributed by atoms with Crippen molar-refractivity contribution in [2.75, 3.05) is 7.05 Å². The van der Waals surface area contributed by atoms with Gasteiger partial charge in [-0.25, -0.2) is 3.22 Å². The first kappa shape index (κ1) is 6.87. The summed E-state index contributed by atoms with van der Waals surface area (Å²) in [5, 5.41) is 7.05. The summed E-state index contributed by atoms with van der Waals surface area (Å²) in [6, 6.07) is 0. The number of halogens is 1. The molecule has 0 saturated heterocycles. The maximum Gasteiger partial charge on any atom is 0.0795 e. The molecule has 0 saturated carbocycles. The number of hydrogen-bond acceptors (Lipinski definition) is 2.